The molecule has 0 fully saturated rings. The maximum absolute atomic E-state index is 10.4. The highest BCUT2D eigenvalue weighted by atomic mass is 16.3. The number of nitrogens with zero attached hydrogens (tertiary/aromatic N) is 3. The highest BCUT2D eigenvalue weighted by Crippen LogP contribution is 2.45. The molecule has 4 aromatic carbocycles. The highest BCUT2D eigenvalue weighted by molar-refractivity contribution is 6.16. The zero-order chi connectivity index (χ0) is 26.8. The summed E-state index contributed by atoms with van der Waals surface area (Å²) in [7, 11) is 0. The molecule has 3 heterocycles. The summed E-state index contributed by atoms with van der Waals surface area (Å²) in [4.78, 5) is 9.84. The summed E-state index contributed by atoms with van der Waals surface area (Å²) in [5.74, 6) is 0.225. The van der Waals surface area contributed by atoms with Crippen LogP contribution < -0.4 is 0 Å². The van der Waals surface area contributed by atoms with Crippen LogP contribution in [-0.2, 0) is 6.42 Å². The minimum atomic E-state index is 0.225. The lowest BCUT2D eigenvalue weighted by molar-refractivity contribution is 0.477. The molecule has 1 aliphatic rings. The molecular weight excluding hydrogens is 490 g/mol. The van der Waals surface area contributed by atoms with Crippen molar-refractivity contribution in [1.29, 1.82) is 0 Å². The number of rotatable bonds is 3. The normalized spacial score (nSPS) is 12.1. The minimum Gasteiger partial charge on any atom is -0.507 e. The zero-order valence-electron chi connectivity index (χ0n) is 22.0. The molecule has 0 bridgehead atoms. The molecule has 1 aliphatic carbocycles. The van der Waals surface area contributed by atoms with Gasteiger partial charge in [0.25, 0.3) is 0 Å². The first kappa shape index (κ1) is 22.7. The van der Waals surface area contributed by atoms with E-state index in [0.717, 1.165) is 56.7 Å². The van der Waals surface area contributed by atoms with Crippen LogP contribution in [0.4, 0.5) is 0 Å². The van der Waals surface area contributed by atoms with E-state index in [0.29, 0.717) is 0 Å². The van der Waals surface area contributed by atoms with E-state index in [1.165, 1.54) is 27.6 Å². The number of phenols is 1. The van der Waals surface area contributed by atoms with Crippen molar-refractivity contribution in [2.75, 3.05) is 0 Å². The third-order valence-electron chi connectivity index (χ3n) is 7.99. The molecule has 40 heavy (non-hydrogen) atoms. The molecule has 0 spiro atoms. The Balaban J connectivity index is 1.36. The summed E-state index contributed by atoms with van der Waals surface area (Å²) in [6, 6.07) is 37.3. The molecule has 8 rings (SSSR count). The van der Waals surface area contributed by atoms with E-state index in [1.54, 1.807) is 6.07 Å². The van der Waals surface area contributed by atoms with Gasteiger partial charge < -0.3 is 5.11 Å². The Kier molecular flexibility index (Phi) is 4.92. The molecule has 3 aromatic heterocycles. The van der Waals surface area contributed by atoms with Gasteiger partial charge in [0, 0.05) is 33.8 Å². The van der Waals surface area contributed by atoms with Crippen LogP contribution in [0.5, 0.6) is 5.75 Å². The SMILES string of the molecule is Cc1cc(-c2cccc(-c3ccccc3O)n2)cc(-n2c3ccc4c(c3c3cccnc32)-c2ccccc2C4)c1. The number of aryl methyl sites for hydroxylation is 1. The number of hydrogen-bond donors (Lipinski definition) is 1. The Bertz CT molecular complexity index is 2120. The van der Waals surface area contributed by atoms with E-state index < -0.39 is 0 Å². The van der Waals surface area contributed by atoms with Gasteiger partial charge in [0.15, 0.2) is 0 Å². The van der Waals surface area contributed by atoms with Crippen LogP contribution in [0.25, 0.3) is 61.3 Å². The van der Waals surface area contributed by atoms with Gasteiger partial charge in [-0.2, -0.15) is 0 Å². The van der Waals surface area contributed by atoms with Gasteiger partial charge in [-0.3, -0.25) is 4.57 Å². The van der Waals surface area contributed by atoms with Gasteiger partial charge in [0.2, 0.25) is 0 Å². The number of aromatic nitrogens is 3. The molecule has 0 radical (unpaired) electrons. The summed E-state index contributed by atoms with van der Waals surface area (Å²) in [6.45, 7) is 2.12. The van der Waals surface area contributed by atoms with Crippen molar-refractivity contribution in [3.63, 3.8) is 0 Å². The van der Waals surface area contributed by atoms with Crippen LogP contribution in [0.15, 0.2) is 115 Å². The molecule has 4 heteroatoms. The molecule has 0 aliphatic heterocycles. The van der Waals surface area contributed by atoms with Crippen molar-refractivity contribution in [1.82, 2.24) is 14.5 Å². The number of hydrogen-bond acceptors (Lipinski definition) is 3. The van der Waals surface area contributed by atoms with Gasteiger partial charge in [0.1, 0.15) is 11.4 Å². The van der Waals surface area contributed by atoms with Crippen LogP contribution >= 0.6 is 0 Å². The fraction of sp³-hybridized carbons (Fsp3) is 0.0556. The molecular formula is C36H25N3O. The van der Waals surface area contributed by atoms with Crippen molar-refractivity contribution in [2.45, 2.75) is 13.3 Å². The molecule has 1 N–H and O–H groups in total. The second-order valence-electron chi connectivity index (χ2n) is 10.5. The number of fused-ring (bicyclic) bond motifs is 7. The summed E-state index contributed by atoms with van der Waals surface area (Å²) in [5.41, 5.74) is 13.0. The average Bonchev–Trinajstić information content (AvgIpc) is 3.53. The van der Waals surface area contributed by atoms with Crippen molar-refractivity contribution in [3.05, 3.63) is 132 Å². The third-order valence-corrected chi connectivity index (χ3v) is 7.99. The average molecular weight is 516 g/mol. The fourth-order valence-electron chi connectivity index (χ4n) is 6.29. The zero-order valence-corrected chi connectivity index (χ0v) is 22.0. The predicted molar refractivity (Wildman–Crippen MR) is 162 cm³/mol. The van der Waals surface area contributed by atoms with Gasteiger partial charge in [-0.1, -0.05) is 48.5 Å². The lowest BCUT2D eigenvalue weighted by Crippen LogP contribution is -1.98. The Morgan fingerprint density at radius 3 is 2.45 bits per heavy atom. The van der Waals surface area contributed by atoms with Gasteiger partial charge in [-0.05, 0) is 102 Å². The van der Waals surface area contributed by atoms with E-state index in [4.69, 9.17) is 9.97 Å². The van der Waals surface area contributed by atoms with Gasteiger partial charge >= 0.3 is 0 Å². The fourth-order valence-corrected chi connectivity index (χ4v) is 6.29. The number of benzene rings is 4. The van der Waals surface area contributed by atoms with Crippen LogP contribution in [-0.4, -0.2) is 19.6 Å². The molecule has 190 valence electrons. The lowest BCUT2D eigenvalue weighted by atomic mass is 10.00. The summed E-state index contributed by atoms with van der Waals surface area (Å²) >= 11 is 0. The van der Waals surface area contributed by atoms with Crippen molar-refractivity contribution >= 4 is 21.9 Å². The topological polar surface area (TPSA) is 50.9 Å². The van der Waals surface area contributed by atoms with Crippen molar-refractivity contribution < 1.29 is 5.11 Å². The maximum atomic E-state index is 10.4. The van der Waals surface area contributed by atoms with E-state index in [1.807, 2.05) is 48.7 Å². The molecule has 0 saturated carbocycles. The first-order chi connectivity index (χ1) is 19.7. The maximum Gasteiger partial charge on any atom is 0.145 e. The Hall–Kier alpha value is -5.22. The second-order valence-corrected chi connectivity index (χ2v) is 10.5. The van der Waals surface area contributed by atoms with Crippen LogP contribution in [0.3, 0.4) is 0 Å². The molecule has 4 nitrogen and oxygen atoms in total. The van der Waals surface area contributed by atoms with E-state index in [9.17, 15) is 5.11 Å². The standard InChI is InChI=1S/C36H25N3O/c1-22-18-25(30-12-6-13-31(38-30)28-10-4-5-14-33(28)40)21-26(19-22)39-32-16-15-24-20-23-8-2-3-9-27(23)34(24)35(32)29-11-7-17-37-36(29)39/h2-19,21,40H,20H2,1H3. The Labute approximate surface area is 231 Å². The number of phenolic OH excluding ortho intramolecular Hbond substituents is 1. The molecule has 0 atom stereocenters. The Morgan fingerprint density at radius 2 is 1.55 bits per heavy atom. The van der Waals surface area contributed by atoms with Gasteiger partial charge in [-0.25, -0.2) is 9.97 Å². The molecule has 0 saturated heterocycles. The van der Waals surface area contributed by atoms with E-state index in [2.05, 4.69) is 72.2 Å². The van der Waals surface area contributed by atoms with Gasteiger partial charge in [0.05, 0.1) is 16.9 Å². The number of aromatic hydroxyl groups is 1. The minimum absolute atomic E-state index is 0.225. The summed E-state index contributed by atoms with van der Waals surface area (Å²) < 4.78 is 2.29. The second kappa shape index (κ2) is 8.65. The largest absolute Gasteiger partial charge is 0.507 e. The smallest absolute Gasteiger partial charge is 0.145 e. The molecule has 7 aromatic rings. The number of para-hydroxylation sites is 1. The van der Waals surface area contributed by atoms with E-state index in [-0.39, 0.29) is 5.75 Å². The Morgan fingerprint density at radius 1 is 0.725 bits per heavy atom. The van der Waals surface area contributed by atoms with Crippen LogP contribution in [0, 0.1) is 6.92 Å². The van der Waals surface area contributed by atoms with Crippen LogP contribution in [0.1, 0.15) is 16.7 Å². The van der Waals surface area contributed by atoms with Gasteiger partial charge in [-0.15, -0.1) is 0 Å². The van der Waals surface area contributed by atoms with Crippen LogP contribution in [0.2, 0.25) is 0 Å². The third kappa shape index (κ3) is 3.39. The summed E-state index contributed by atoms with van der Waals surface area (Å²) in [6.07, 6.45) is 2.84. The monoisotopic (exact) mass is 515 g/mol. The van der Waals surface area contributed by atoms with Crippen molar-refractivity contribution in [2.24, 2.45) is 0 Å². The quantitative estimate of drug-likeness (QED) is 0.257. The molecule has 0 unspecified atom stereocenters. The lowest BCUT2D eigenvalue weighted by Gasteiger charge is -2.12. The molecule has 0 amide bonds. The van der Waals surface area contributed by atoms with E-state index >= 15 is 0 Å². The highest BCUT2D eigenvalue weighted by Gasteiger charge is 2.25. The predicted octanol–water partition coefficient (Wildman–Crippen LogP) is 8.49. The first-order valence-corrected chi connectivity index (χ1v) is 13.5. The first-order valence-electron chi connectivity index (χ1n) is 13.5. The summed E-state index contributed by atoms with van der Waals surface area (Å²) in [5, 5.41) is 12.8. The van der Waals surface area contributed by atoms with Crippen molar-refractivity contribution in [3.8, 4) is 45.1 Å². The number of pyridine rings is 2.